The Morgan fingerprint density at radius 2 is 0.667 bits per heavy atom. The van der Waals surface area contributed by atoms with Gasteiger partial charge in [0.25, 0.3) is 0 Å². The fourth-order valence-corrected chi connectivity index (χ4v) is 2.82. The first-order valence-corrected chi connectivity index (χ1v) is 10.8. The molecule has 0 bridgehead atoms. The van der Waals surface area contributed by atoms with E-state index in [1.165, 1.54) is 30.3 Å². The van der Waals surface area contributed by atoms with Crippen LogP contribution in [0.1, 0.15) is 0 Å². The van der Waals surface area contributed by atoms with Gasteiger partial charge in [-0.15, -0.1) is 0 Å². The van der Waals surface area contributed by atoms with Crippen LogP contribution in [-0.2, 0) is 0 Å². The van der Waals surface area contributed by atoms with Crippen molar-refractivity contribution >= 4 is 0 Å². The first kappa shape index (κ1) is 32.6. The molecule has 3 aromatic carbocycles. The monoisotopic (exact) mass is 558 g/mol. The summed E-state index contributed by atoms with van der Waals surface area (Å²) in [6.45, 7) is 0. The molecule has 0 unspecified atom stereocenters. The smallest absolute Gasteiger partial charge is 0.200 e. The number of benzene rings is 3. The second-order valence-electron chi connectivity index (χ2n) is 7.97. The molecule has 3 aromatic rings. The van der Waals surface area contributed by atoms with Crippen molar-refractivity contribution in [3.63, 3.8) is 0 Å². The summed E-state index contributed by atoms with van der Waals surface area (Å²) in [6, 6.07) is 11.0. The van der Waals surface area contributed by atoms with Crippen LogP contribution < -0.4 is 0 Å². The van der Waals surface area contributed by atoms with Crippen LogP contribution in [0.2, 0.25) is 0 Å². The van der Waals surface area contributed by atoms with E-state index in [1.807, 2.05) is 0 Å². The zero-order valence-corrected chi connectivity index (χ0v) is 19.9. The number of aliphatic hydroxyl groups is 6. The number of hydrogen-bond donors (Lipinski definition) is 15. The van der Waals surface area contributed by atoms with Crippen LogP contribution in [0.4, 0.5) is 0 Å². The van der Waals surface area contributed by atoms with Gasteiger partial charge in [-0.3, -0.25) is 0 Å². The molecule has 0 heterocycles. The molecule has 1 saturated carbocycles. The van der Waals surface area contributed by atoms with Gasteiger partial charge in [-0.1, -0.05) is 6.07 Å². The molecule has 216 valence electrons. The second-order valence-corrected chi connectivity index (χ2v) is 7.97. The summed E-state index contributed by atoms with van der Waals surface area (Å²) in [5.74, 6) is -2.14. The van der Waals surface area contributed by atoms with E-state index in [2.05, 4.69) is 0 Å². The lowest BCUT2D eigenvalue weighted by atomic mass is 9.85. The van der Waals surface area contributed by atoms with Crippen molar-refractivity contribution in [1.82, 2.24) is 0 Å². The Kier molecular flexibility index (Phi) is 12.2. The Morgan fingerprint density at radius 1 is 0.333 bits per heavy atom. The molecule has 39 heavy (non-hydrogen) atoms. The summed E-state index contributed by atoms with van der Waals surface area (Å²) in [7, 11) is 0. The van der Waals surface area contributed by atoms with Crippen LogP contribution in [0.15, 0.2) is 54.6 Å². The van der Waals surface area contributed by atoms with Crippen molar-refractivity contribution in [3.05, 3.63) is 54.6 Å². The standard InChI is InChI=1S/C6H12O6.3C6H6O3/c7-1-2(8)4(10)6(12)5(11)3(1)9;7-4-1-5(8)3-6(9)2-4;7-4-1-2-5(8)6(9)3-4;7-4-2-1-3-5(8)6(4)9/h1-12H;3*1-3,7-9H. The van der Waals surface area contributed by atoms with Gasteiger partial charge in [-0.2, -0.15) is 0 Å². The molecule has 0 amide bonds. The largest absolute Gasteiger partial charge is 0.508 e. The van der Waals surface area contributed by atoms with Crippen molar-refractivity contribution in [3.8, 4) is 51.7 Å². The molecule has 15 N–H and O–H groups in total. The van der Waals surface area contributed by atoms with Gasteiger partial charge in [0.15, 0.2) is 28.7 Å². The quantitative estimate of drug-likeness (QED) is 0.111. The highest BCUT2D eigenvalue weighted by atomic mass is 16.4. The molecule has 1 aliphatic carbocycles. The van der Waals surface area contributed by atoms with Gasteiger partial charge in [-0.05, 0) is 24.3 Å². The molecule has 0 saturated heterocycles. The summed E-state index contributed by atoms with van der Waals surface area (Å²) in [4.78, 5) is 0. The Hall–Kier alpha value is -4.38. The lowest BCUT2D eigenvalue weighted by Gasteiger charge is -2.39. The molecule has 0 atom stereocenters. The van der Waals surface area contributed by atoms with E-state index in [0.29, 0.717) is 0 Å². The van der Waals surface area contributed by atoms with E-state index >= 15 is 0 Å². The van der Waals surface area contributed by atoms with Gasteiger partial charge in [0.1, 0.15) is 59.6 Å². The zero-order valence-electron chi connectivity index (χ0n) is 19.9. The second kappa shape index (κ2) is 14.5. The zero-order chi connectivity index (χ0) is 30.0. The highest BCUT2D eigenvalue weighted by Crippen LogP contribution is 2.33. The van der Waals surface area contributed by atoms with Crippen LogP contribution in [0.25, 0.3) is 0 Å². The SMILES string of the molecule is OC1C(O)C(O)C(O)C(O)C1O.Oc1cc(O)cc(O)c1.Oc1ccc(O)c(O)c1.Oc1cccc(O)c1O. The maximum Gasteiger partial charge on any atom is 0.200 e. The van der Waals surface area contributed by atoms with Crippen LogP contribution in [0.3, 0.4) is 0 Å². The van der Waals surface area contributed by atoms with Gasteiger partial charge in [-0.25, -0.2) is 0 Å². The van der Waals surface area contributed by atoms with E-state index in [0.717, 1.165) is 24.3 Å². The molecule has 4 rings (SSSR count). The molecular formula is C24H30O15. The minimum Gasteiger partial charge on any atom is -0.508 e. The van der Waals surface area contributed by atoms with Crippen molar-refractivity contribution in [1.29, 1.82) is 0 Å². The predicted octanol–water partition coefficient (Wildman–Crippen LogP) is -1.42. The van der Waals surface area contributed by atoms with Crippen LogP contribution in [0, 0.1) is 0 Å². The number of aliphatic hydroxyl groups excluding tert-OH is 6. The highest BCUT2D eigenvalue weighted by molar-refractivity contribution is 5.47. The van der Waals surface area contributed by atoms with Crippen molar-refractivity contribution in [2.45, 2.75) is 36.6 Å². The number of aromatic hydroxyl groups is 9. The van der Waals surface area contributed by atoms with Crippen LogP contribution in [0.5, 0.6) is 51.7 Å². The number of para-hydroxylation sites is 1. The molecule has 0 radical (unpaired) electrons. The van der Waals surface area contributed by atoms with Crippen molar-refractivity contribution < 1.29 is 76.6 Å². The first-order valence-electron chi connectivity index (χ1n) is 10.8. The summed E-state index contributed by atoms with van der Waals surface area (Å²) < 4.78 is 0. The first-order chi connectivity index (χ1) is 18.1. The molecule has 1 fully saturated rings. The predicted molar refractivity (Wildman–Crippen MR) is 130 cm³/mol. The van der Waals surface area contributed by atoms with Gasteiger partial charge < -0.3 is 76.6 Å². The summed E-state index contributed by atoms with van der Waals surface area (Å²) >= 11 is 0. The Bertz CT molecular complexity index is 1060. The van der Waals surface area contributed by atoms with Gasteiger partial charge in [0.2, 0.25) is 0 Å². The number of phenols is 9. The Balaban J connectivity index is 0.000000262. The molecule has 0 aromatic heterocycles. The third kappa shape index (κ3) is 9.78. The summed E-state index contributed by atoms with van der Waals surface area (Å²) in [6.07, 6.45) is -9.84. The molecule has 0 spiro atoms. The lowest BCUT2D eigenvalue weighted by molar-refractivity contribution is -0.223. The van der Waals surface area contributed by atoms with E-state index in [1.54, 1.807) is 0 Å². The molecule has 1 aliphatic rings. The van der Waals surface area contributed by atoms with Crippen LogP contribution in [-0.4, -0.2) is 113 Å². The molecule has 0 aliphatic heterocycles. The minimum absolute atomic E-state index is 0.0645. The van der Waals surface area contributed by atoms with Gasteiger partial charge in [0.05, 0.1) is 0 Å². The minimum atomic E-state index is -1.64. The van der Waals surface area contributed by atoms with Crippen LogP contribution >= 0.6 is 0 Å². The Labute approximate surface area is 220 Å². The average molecular weight is 558 g/mol. The summed E-state index contributed by atoms with van der Waals surface area (Å²) in [5, 5.41) is 132. The molecule has 15 nitrogen and oxygen atoms in total. The van der Waals surface area contributed by atoms with Gasteiger partial charge >= 0.3 is 0 Å². The highest BCUT2D eigenvalue weighted by Gasteiger charge is 2.47. The van der Waals surface area contributed by atoms with Crippen molar-refractivity contribution in [2.24, 2.45) is 0 Å². The topological polar surface area (TPSA) is 303 Å². The third-order valence-corrected chi connectivity index (χ3v) is 4.94. The number of phenolic OH excluding ortho intramolecular Hbond substituents is 9. The third-order valence-electron chi connectivity index (χ3n) is 4.94. The average Bonchev–Trinajstić information content (AvgIpc) is 2.86. The Morgan fingerprint density at radius 3 is 0.923 bits per heavy atom. The fourth-order valence-electron chi connectivity index (χ4n) is 2.82. The number of hydrogen-bond acceptors (Lipinski definition) is 15. The maximum atomic E-state index is 8.97. The maximum absolute atomic E-state index is 8.97. The van der Waals surface area contributed by atoms with E-state index < -0.39 is 42.4 Å². The van der Waals surface area contributed by atoms with E-state index in [-0.39, 0.29) is 46.0 Å². The lowest BCUT2D eigenvalue weighted by Crippen LogP contribution is -2.63. The van der Waals surface area contributed by atoms with E-state index in [9.17, 15) is 0 Å². The normalized spacial score (nSPS) is 23.5. The number of rotatable bonds is 0. The molecular weight excluding hydrogens is 528 g/mol. The van der Waals surface area contributed by atoms with E-state index in [4.69, 9.17) is 76.6 Å². The fraction of sp³-hybridized carbons (Fsp3) is 0.250. The van der Waals surface area contributed by atoms with Gasteiger partial charge in [0, 0.05) is 24.3 Å². The van der Waals surface area contributed by atoms with Crippen molar-refractivity contribution in [2.75, 3.05) is 0 Å². The summed E-state index contributed by atoms with van der Waals surface area (Å²) in [5.41, 5.74) is 0. The molecule has 15 heteroatoms.